The molecule has 2 N–H and O–H groups in total. The van der Waals surface area contributed by atoms with Crippen molar-refractivity contribution in [1.29, 1.82) is 0 Å². The van der Waals surface area contributed by atoms with E-state index in [4.69, 9.17) is 23.7 Å². The van der Waals surface area contributed by atoms with Gasteiger partial charge in [-0.1, -0.05) is 12.1 Å². The third kappa shape index (κ3) is 4.04. The zero-order valence-electron chi connectivity index (χ0n) is 15.6. The minimum absolute atomic E-state index is 0.0875. The van der Waals surface area contributed by atoms with E-state index >= 15 is 0 Å². The number of rotatable bonds is 8. The minimum Gasteiger partial charge on any atom is -0.497 e. The van der Waals surface area contributed by atoms with Crippen LogP contribution in [0.15, 0.2) is 30.3 Å². The number of benzene rings is 2. The highest BCUT2D eigenvalue weighted by molar-refractivity contribution is 5.64. The largest absolute Gasteiger partial charge is 0.497 e. The number of aliphatic hydroxyl groups is 2. The molecule has 2 aromatic rings. The van der Waals surface area contributed by atoms with Crippen LogP contribution in [0.5, 0.6) is 28.7 Å². The lowest BCUT2D eigenvalue weighted by Gasteiger charge is -2.19. The van der Waals surface area contributed by atoms with Gasteiger partial charge < -0.3 is 33.9 Å². The lowest BCUT2D eigenvalue weighted by Crippen LogP contribution is -2.16. The van der Waals surface area contributed by atoms with Crippen molar-refractivity contribution in [2.75, 3.05) is 28.1 Å². The molecule has 7 heteroatoms. The first-order chi connectivity index (χ1) is 13.1. The van der Waals surface area contributed by atoms with E-state index in [1.807, 2.05) is 0 Å². The van der Waals surface area contributed by atoms with Gasteiger partial charge in [0.1, 0.15) is 5.75 Å². The van der Waals surface area contributed by atoms with E-state index in [0.29, 0.717) is 39.9 Å². The lowest BCUT2D eigenvalue weighted by atomic mass is 9.98. The normalized spacial score (nSPS) is 14.6. The topological polar surface area (TPSA) is 86.6 Å². The highest BCUT2D eigenvalue weighted by atomic mass is 16.7. The molecular formula is C20H24O7. The van der Waals surface area contributed by atoms with Gasteiger partial charge in [-0.2, -0.15) is 0 Å². The summed E-state index contributed by atoms with van der Waals surface area (Å²) in [5.41, 5.74) is 1.43. The number of methoxy groups -OCH3 is 3. The quantitative estimate of drug-likeness (QED) is 0.732. The second-order valence-electron chi connectivity index (χ2n) is 6.22. The molecule has 2 aromatic carbocycles. The van der Waals surface area contributed by atoms with E-state index in [0.717, 1.165) is 0 Å². The third-order valence-electron chi connectivity index (χ3n) is 4.52. The maximum atomic E-state index is 10.5. The number of hydrogen-bond acceptors (Lipinski definition) is 7. The molecule has 1 aliphatic rings. The Balaban J connectivity index is 1.74. The summed E-state index contributed by atoms with van der Waals surface area (Å²) in [5, 5.41) is 20.9. The summed E-state index contributed by atoms with van der Waals surface area (Å²) in [7, 11) is 4.66. The van der Waals surface area contributed by atoms with Crippen molar-refractivity contribution in [2.24, 2.45) is 0 Å². The monoisotopic (exact) mass is 376 g/mol. The fraction of sp³-hybridized carbons (Fsp3) is 0.400. The smallest absolute Gasteiger partial charge is 0.231 e. The molecule has 0 amide bonds. The van der Waals surface area contributed by atoms with Crippen LogP contribution >= 0.6 is 0 Å². The molecule has 0 unspecified atom stereocenters. The standard InChI is InChI=1S/C20H24O7/c1-23-15-6-4-12(5-7-15)16(22)10-14(21)8-13-9-17(24-2)19-20(18(13)25-3)27-11-26-19/h4-7,9,14,16,21-22H,8,10-11H2,1-3H3/t14-,16+/m0/s1. The Hall–Kier alpha value is -2.64. The SMILES string of the molecule is COc1ccc([C@H](O)C[C@@H](O)Cc2cc(OC)c3c(c2OC)OCO3)cc1. The Kier molecular flexibility index (Phi) is 5.93. The second-order valence-corrected chi connectivity index (χ2v) is 6.22. The van der Waals surface area contributed by atoms with Gasteiger partial charge in [-0.15, -0.1) is 0 Å². The Morgan fingerprint density at radius 1 is 0.963 bits per heavy atom. The van der Waals surface area contributed by atoms with Crippen LogP contribution in [-0.2, 0) is 6.42 Å². The molecule has 0 fully saturated rings. The van der Waals surface area contributed by atoms with Crippen LogP contribution in [0.3, 0.4) is 0 Å². The van der Waals surface area contributed by atoms with E-state index in [-0.39, 0.29) is 19.6 Å². The van der Waals surface area contributed by atoms with Crippen LogP contribution in [-0.4, -0.2) is 44.4 Å². The maximum Gasteiger partial charge on any atom is 0.231 e. The van der Waals surface area contributed by atoms with Crippen LogP contribution in [0.25, 0.3) is 0 Å². The molecule has 3 rings (SSSR count). The molecule has 0 radical (unpaired) electrons. The summed E-state index contributed by atoms with van der Waals surface area (Å²) >= 11 is 0. The first-order valence-electron chi connectivity index (χ1n) is 8.60. The van der Waals surface area contributed by atoms with Crippen molar-refractivity contribution >= 4 is 0 Å². The van der Waals surface area contributed by atoms with Crippen molar-refractivity contribution < 1.29 is 33.9 Å². The van der Waals surface area contributed by atoms with Gasteiger partial charge in [-0.25, -0.2) is 0 Å². The average molecular weight is 376 g/mol. The van der Waals surface area contributed by atoms with Crippen molar-refractivity contribution in [2.45, 2.75) is 25.0 Å². The predicted molar refractivity (Wildman–Crippen MR) is 98.0 cm³/mol. The van der Waals surface area contributed by atoms with Gasteiger partial charge in [0.05, 0.1) is 33.5 Å². The first-order valence-corrected chi connectivity index (χ1v) is 8.60. The van der Waals surface area contributed by atoms with Crippen LogP contribution in [0.1, 0.15) is 23.7 Å². The van der Waals surface area contributed by atoms with Gasteiger partial charge >= 0.3 is 0 Å². The lowest BCUT2D eigenvalue weighted by molar-refractivity contribution is 0.0803. The van der Waals surface area contributed by atoms with E-state index in [1.165, 1.54) is 14.2 Å². The molecule has 7 nitrogen and oxygen atoms in total. The molecule has 1 heterocycles. The summed E-state index contributed by atoms with van der Waals surface area (Å²) in [6, 6.07) is 8.86. The predicted octanol–water partition coefficient (Wildman–Crippen LogP) is 2.47. The molecule has 0 saturated carbocycles. The summed E-state index contributed by atoms with van der Waals surface area (Å²) in [4.78, 5) is 0. The first kappa shape index (κ1) is 19.1. The molecule has 1 aliphatic heterocycles. The highest BCUT2D eigenvalue weighted by Crippen LogP contribution is 2.49. The molecule has 0 bridgehead atoms. The highest BCUT2D eigenvalue weighted by Gasteiger charge is 2.28. The van der Waals surface area contributed by atoms with Gasteiger partial charge in [0, 0.05) is 18.4 Å². The summed E-state index contributed by atoms with van der Waals surface area (Å²) < 4.78 is 26.8. The molecule has 27 heavy (non-hydrogen) atoms. The number of hydrogen-bond donors (Lipinski definition) is 2. The average Bonchev–Trinajstić information content (AvgIpc) is 3.17. The van der Waals surface area contributed by atoms with E-state index in [1.54, 1.807) is 37.4 Å². The molecule has 0 aromatic heterocycles. The number of ether oxygens (including phenoxy) is 5. The molecule has 0 aliphatic carbocycles. The van der Waals surface area contributed by atoms with E-state index < -0.39 is 12.2 Å². The molecule has 2 atom stereocenters. The fourth-order valence-corrected chi connectivity index (χ4v) is 3.15. The van der Waals surface area contributed by atoms with Gasteiger partial charge in [-0.3, -0.25) is 0 Å². The van der Waals surface area contributed by atoms with Crippen molar-refractivity contribution in [3.8, 4) is 28.7 Å². The van der Waals surface area contributed by atoms with Crippen molar-refractivity contribution in [1.82, 2.24) is 0 Å². The Labute approximate surface area is 158 Å². The Bertz CT molecular complexity index is 773. The van der Waals surface area contributed by atoms with Crippen LogP contribution in [0.2, 0.25) is 0 Å². The van der Waals surface area contributed by atoms with Crippen LogP contribution in [0, 0.1) is 0 Å². The number of fused-ring (bicyclic) bond motifs is 1. The van der Waals surface area contributed by atoms with Crippen LogP contribution in [0.4, 0.5) is 0 Å². The van der Waals surface area contributed by atoms with E-state index in [9.17, 15) is 10.2 Å². The van der Waals surface area contributed by atoms with Gasteiger partial charge in [0.15, 0.2) is 11.5 Å². The summed E-state index contributed by atoms with van der Waals surface area (Å²) in [5.74, 6) is 2.69. The minimum atomic E-state index is -0.798. The summed E-state index contributed by atoms with van der Waals surface area (Å²) in [6.07, 6.45) is -1.15. The zero-order chi connectivity index (χ0) is 19.4. The molecule has 0 spiro atoms. The fourth-order valence-electron chi connectivity index (χ4n) is 3.15. The summed E-state index contributed by atoms with van der Waals surface area (Å²) in [6.45, 7) is 0.0875. The molecule has 146 valence electrons. The van der Waals surface area contributed by atoms with Gasteiger partial charge in [0.25, 0.3) is 0 Å². The second kappa shape index (κ2) is 8.37. The third-order valence-corrected chi connectivity index (χ3v) is 4.52. The molecule has 0 saturated heterocycles. The number of aliphatic hydroxyl groups excluding tert-OH is 2. The van der Waals surface area contributed by atoms with Gasteiger partial charge in [-0.05, 0) is 23.8 Å². The maximum absolute atomic E-state index is 10.5. The molecular weight excluding hydrogens is 352 g/mol. The van der Waals surface area contributed by atoms with E-state index in [2.05, 4.69) is 0 Å². The Morgan fingerprint density at radius 3 is 2.30 bits per heavy atom. The van der Waals surface area contributed by atoms with Crippen molar-refractivity contribution in [3.63, 3.8) is 0 Å². The Morgan fingerprint density at radius 2 is 1.67 bits per heavy atom. The van der Waals surface area contributed by atoms with Gasteiger partial charge in [0.2, 0.25) is 18.3 Å². The van der Waals surface area contributed by atoms with Crippen LogP contribution < -0.4 is 23.7 Å². The zero-order valence-corrected chi connectivity index (χ0v) is 15.6. The van der Waals surface area contributed by atoms with Crippen molar-refractivity contribution in [3.05, 3.63) is 41.5 Å².